The van der Waals surface area contributed by atoms with Crippen molar-refractivity contribution in [2.45, 2.75) is 5.66 Å². The van der Waals surface area contributed by atoms with E-state index in [1.807, 2.05) is 30.5 Å². The maximum atomic E-state index is 6.62. The summed E-state index contributed by atoms with van der Waals surface area (Å²) in [5, 5.41) is 6.99. The molecule has 0 spiro atoms. The Balaban J connectivity index is 1.88. The molecule has 1 saturated heterocycles. The minimum Gasteiger partial charge on any atom is -0.370 e. The number of halogens is 1. The van der Waals surface area contributed by atoms with E-state index in [-0.39, 0.29) is 0 Å². The van der Waals surface area contributed by atoms with Crippen molar-refractivity contribution in [1.29, 1.82) is 0 Å². The quantitative estimate of drug-likeness (QED) is 0.637. The predicted octanol–water partition coefficient (Wildman–Crippen LogP) is 0.158. The number of benzene rings is 1. The van der Waals surface area contributed by atoms with Crippen LogP contribution in [-0.2, 0) is 5.66 Å². The van der Waals surface area contributed by atoms with E-state index >= 15 is 0 Å². The molecule has 118 valence electrons. The van der Waals surface area contributed by atoms with E-state index in [2.05, 4.69) is 20.5 Å². The summed E-state index contributed by atoms with van der Waals surface area (Å²) < 4.78 is 0. The van der Waals surface area contributed by atoms with Gasteiger partial charge in [0.05, 0.1) is 0 Å². The van der Waals surface area contributed by atoms with Gasteiger partial charge in [-0.1, -0.05) is 23.7 Å². The second kappa shape index (κ2) is 6.26. The fourth-order valence-corrected chi connectivity index (χ4v) is 2.92. The summed E-state index contributed by atoms with van der Waals surface area (Å²) in [6.45, 7) is 4.72. The Hall–Kier alpha value is -1.60. The highest BCUT2D eigenvalue weighted by Gasteiger charge is 2.35. The van der Waals surface area contributed by atoms with Gasteiger partial charge in [0.2, 0.25) is 0 Å². The molecule has 1 atom stereocenters. The molecule has 22 heavy (non-hydrogen) atoms. The van der Waals surface area contributed by atoms with Gasteiger partial charge in [0.25, 0.3) is 0 Å². The Bertz CT molecular complexity index is 591. The van der Waals surface area contributed by atoms with Gasteiger partial charge in [0.15, 0.2) is 11.6 Å². The first-order chi connectivity index (χ1) is 10.6. The van der Waals surface area contributed by atoms with Crippen molar-refractivity contribution >= 4 is 17.6 Å². The van der Waals surface area contributed by atoms with Gasteiger partial charge in [-0.15, -0.1) is 0 Å². The lowest BCUT2D eigenvalue weighted by Crippen LogP contribution is -2.51. The molecule has 3 rings (SSSR count). The van der Waals surface area contributed by atoms with E-state index in [1.165, 1.54) is 0 Å². The first kappa shape index (κ1) is 15.3. The zero-order chi connectivity index (χ0) is 15.6. The lowest BCUT2D eigenvalue weighted by Gasteiger charge is -2.36. The van der Waals surface area contributed by atoms with Crippen LogP contribution < -0.4 is 22.1 Å². The van der Waals surface area contributed by atoms with Crippen molar-refractivity contribution in [3.8, 4) is 0 Å². The molecule has 0 amide bonds. The Labute approximate surface area is 135 Å². The number of hydrogen-bond donors (Lipinski definition) is 4. The van der Waals surface area contributed by atoms with Crippen LogP contribution >= 0.6 is 11.6 Å². The summed E-state index contributed by atoms with van der Waals surface area (Å²) in [7, 11) is 0. The van der Waals surface area contributed by atoms with Crippen molar-refractivity contribution in [2.24, 2.45) is 16.5 Å². The maximum absolute atomic E-state index is 6.62. The fraction of sp³-hybridized carbons (Fsp3) is 0.400. The summed E-state index contributed by atoms with van der Waals surface area (Å²) in [6.07, 6.45) is 1.87. The minimum atomic E-state index is -0.954. The highest BCUT2D eigenvalue weighted by molar-refractivity contribution is 6.30. The number of guanidine groups is 1. The second-order valence-corrected chi connectivity index (χ2v) is 6.05. The van der Waals surface area contributed by atoms with Crippen molar-refractivity contribution in [2.75, 3.05) is 32.7 Å². The lowest BCUT2D eigenvalue weighted by atomic mass is 9.91. The van der Waals surface area contributed by atoms with Crippen molar-refractivity contribution < 1.29 is 0 Å². The molecule has 1 fully saturated rings. The number of aliphatic imine (C=N–C) groups is 1. The van der Waals surface area contributed by atoms with Gasteiger partial charge in [-0.25, -0.2) is 4.99 Å². The molecular formula is C15H21ClN6. The summed E-state index contributed by atoms with van der Waals surface area (Å²) in [5.41, 5.74) is 13.4. The fourth-order valence-electron chi connectivity index (χ4n) is 2.80. The minimum absolute atomic E-state index is 0.321. The average molecular weight is 321 g/mol. The molecule has 6 nitrogen and oxygen atoms in total. The second-order valence-electron chi connectivity index (χ2n) is 5.61. The largest absolute Gasteiger partial charge is 0.370 e. The molecule has 1 aromatic rings. The summed E-state index contributed by atoms with van der Waals surface area (Å²) >= 11 is 5.97. The Kier molecular flexibility index (Phi) is 4.35. The monoisotopic (exact) mass is 320 g/mol. The van der Waals surface area contributed by atoms with Crippen LogP contribution in [0.15, 0.2) is 41.0 Å². The molecule has 1 aromatic carbocycles. The summed E-state index contributed by atoms with van der Waals surface area (Å²) in [6, 6.07) is 7.44. The third-order valence-corrected chi connectivity index (χ3v) is 4.32. The molecule has 6 N–H and O–H groups in total. The van der Waals surface area contributed by atoms with E-state index in [1.54, 1.807) is 0 Å². The van der Waals surface area contributed by atoms with Crippen molar-refractivity contribution in [3.63, 3.8) is 0 Å². The van der Waals surface area contributed by atoms with Crippen LogP contribution in [0.1, 0.15) is 5.56 Å². The standard InChI is InChI=1S/C15H21ClN6/c16-13-3-1-11(2-4-13)15(18)12(9-20-14(17)21-15)10-22-7-5-19-6-8-22/h1-4,9,19H,5-8,10,18H2,(H3,17,20,21). The van der Waals surface area contributed by atoms with Crippen LogP contribution in [0, 0.1) is 0 Å². The lowest BCUT2D eigenvalue weighted by molar-refractivity contribution is 0.248. The SMILES string of the molecule is NC1=NC(N)(c2ccc(Cl)cc2)C(CN2CCNCC2)=CN1. The van der Waals surface area contributed by atoms with Crippen LogP contribution in [0.4, 0.5) is 0 Å². The number of piperazine rings is 1. The number of nitrogens with zero attached hydrogens (tertiary/aromatic N) is 2. The molecular weight excluding hydrogens is 300 g/mol. The van der Waals surface area contributed by atoms with Crippen molar-refractivity contribution in [3.05, 3.63) is 46.6 Å². The number of hydrogen-bond acceptors (Lipinski definition) is 6. The summed E-state index contributed by atoms with van der Waals surface area (Å²) in [5.74, 6) is 0.321. The predicted molar refractivity (Wildman–Crippen MR) is 89.5 cm³/mol. The number of nitrogens with two attached hydrogens (primary N) is 2. The molecule has 0 bridgehead atoms. The maximum Gasteiger partial charge on any atom is 0.195 e. The first-order valence-corrected chi connectivity index (χ1v) is 7.75. The molecule has 0 radical (unpaired) electrons. The van der Waals surface area contributed by atoms with Crippen LogP contribution in [0.3, 0.4) is 0 Å². The Morgan fingerprint density at radius 1 is 1.23 bits per heavy atom. The topological polar surface area (TPSA) is 91.7 Å². The molecule has 0 saturated carbocycles. The van der Waals surface area contributed by atoms with Gasteiger partial charge in [-0.05, 0) is 17.7 Å². The van der Waals surface area contributed by atoms with E-state index in [4.69, 9.17) is 23.1 Å². The zero-order valence-electron chi connectivity index (χ0n) is 12.3. The number of nitrogens with one attached hydrogen (secondary N) is 2. The van der Waals surface area contributed by atoms with Gasteiger partial charge < -0.3 is 16.4 Å². The summed E-state index contributed by atoms with van der Waals surface area (Å²) in [4.78, 5) is 6.83. The van der Waals surface area contributed by atoms with E-state index in [0.717, 1.165) is 43.9 Å². The molecule has 2 heterocycles. The van der Waals surface area contributed by atoms with Gasteiger partial charge in [0, 0.05) is 49.5 Å². The highest BCUT2D eigenvalue weighted by atomic mass is 35.5. The van der Waals surface area contributed by atoms with E-state index in [9.17, 15) is 0 Å². The molecule has 7 heteroatoms. The Morgan fingerprint density at radius 2 is 1.91 bits per heavy atom. The van der Waals surface area contributed by atoms with Crippen LogP contribution in [0.25, 0.3) is 0 Å². The van der Waals surface area contributed by atoms with Crippen LogP contribution in [-0.4, -0.2) is 43.6 Å². The smallest absolute Gasteiger partial charge is 0.195 e. The van der Waals surface area contributed by atoms with Gasteiger partial charge in [-0.2, -0.15) is 0 Å². The Morgan fingerprint density at radius 3 is 2.59 bits per heavy atom. The van der Waals surface area contributed by atoms with E-state index < -0.39 is 5.66 Å². The van der Waals surface area contributed by atoms with Crippen LogP contribution in [0.2, 0.25) is 5.02 Å². The van der Waals surface area contributed by atoms with Crippen LogP contribution in [0.5, 0.6) is 0 Å². The normalized spacial score (nSPS) is 26.1. The zero-order valence-corrected chi connectivity index (χ0v) is 13.1. The molecule has 1 unspecified atom stereocenters. The number of rotatable bonds is 3. The molecule has 2 aliphatic heterocycles. The van der Waals surface area contributed by atoms with Gasteiger partial charge in [-0.3, -0.25) is 10.6 Å². The highest BCUT2D eigenvalue weighted by Crippen LogP contribution is 2.31. The molecule has 0 aliphatic carbocycles. The third kappa shape index (κ3) is 3.10. The van der Waals surface area contributed by atoms with Gasteiger partial charge >= 0.3 is 0 Å². The third-order valence-electron chi connectivity index (χ3n) is 4.07. The van der Waals surface area contributed by atoms with E-state index in [0.29, 0.717) is 11.0 Å². The van der Waals surface area contributed by atoms with Gasteiger partial charge in [0.1, 0.15) is 0 Å². The average Bonchev–Trinajstić information content (AvgIpc) is 2.52. The first-order valence-electron chi connectivity index (χ1n) is 7.37. The van der Waals surface area contributed by atoms with Crippen molar-refractivity contribution in [1.82, 2.24) is 15.5 Å². The molecule has 0 aromatic heterocycles. The molecule has 2 aliphatic rings.